The molecular weight excluding hydrogens is 294 g/mol. The highest BCUT2D eigenvalue weighted by molar-refractivity contribution is 7.80. The summed E-state index contributed by atoms with van der Waals surface area (Å²) >= 11 is 5.29. The Morgan fingerprint density at radius 3 is 2.82 bits per heavy atom. The van der Waals surface area contributed by atoms with E-state index >= 15 is 0 Å². The summed E-state index contributed by atoms with van der Waals surface area (Å²) in [4.78, 5) is 0. The molecular formula is C16H13N5S. The number of rotatable bonds is 3. The summed E-state index contributed by atoms with van der Waals surface area (Å²) < 4.78 is 0. The zero-order valence-electron chi connectivity index (χ0n) is 11.6. The van der Waals surface area contributed by atoms with E-state index in [2.05, 4.69) is 26.9 Å². The van der Waals surface area contributed by atoms with E-state index in [1.165, 1.54) is 0 Å². The van der Waals surface area contributed by atoms with Gasteiger partial charge in [0.25, 0.3) is 0 Å². The number of hydrogen-bond donors (Lipinski definition) is 3. The molecule has 0 aliphatic heterocycles. The zero-order valence-corrected chi connectivity index (χ0v) is 12.4. The number of nitrogens with one attached hydrogen (secondary N) is 3. The average Bonchev–Trinajstić information content (AvgIpc) is 3.03. The molecule has 0 aliphatic carbocycles. The molecule has 0 saturated heterocycles. The van der Waals surface area contributed by atoms with E-state index in [1.807, 2.05) is 30.3 Å². The number of hydrogen-bond acceptors (Lipinski definition) is 3. The first kappa shape index (κ1) is 14.0. The molecule has 108 valence electrons. The molecule has 3 rings (SSSR count). The van der Waals surface area contributed by atoms with Gasteiger partial charge in [-0.25, -0.2) is 0 Å². The van der Waals surface area contributed by atoms with Gasteiger partial charge in [-0.15, -0.1) is 0 Å². The number of para-hydroxylation sites is 1. The number of aromatic amines is 1. The lowest BCUT2D eigenvalue weighted by Crippen LogP contribution is -2.27. The number of anilines is 1. The zero-order chi connectivity index (χ0) is 15.4. The molecule has 1 aromatic heterocycles. The maximum absolute atomic E-state index is 8.77. The number of nitrogens with zero attached hydrogens (tertiary/aromatic N) is 2. The van der Waals surface area contributed by atoms with E-state index in [4.69, 9.17) is 17.5 Å². The van der Waals surface area contributed by atoms with E-state index in [0.29, 0.717) is 17.2 Å². The number of nitriles is 1. The van der Waals surface area contributed by atoms with Gasteiger partial charge in [-0.2, -0.15) is 10.4 Å². The predicted molar refractivity (Wildman–Crippen MR) is 90.3 cm³/mol. The lowest BCUT2D eigenvalue weighted by molar-refractivity contribution is 0.928. The molecule has 3 aromatic rings. The van der Waals surface area contributed by atoms with Crippen LogP contribution in [-0.2, 0) is 6.54 Å². The van der Waals surface area contributed by atoms with E-state index < -0.39 is 0 Å². The van der Waals surface area contributed by atoms with Crippen LogP contribution < -0.4 is 10.6 Å². The third-order valence-electron chi connectivity index (χ3n) is 3.27. The minimum Gasteiger partial charge on any atom is -0.358 e. The van der Waals surface area contributed by atoms with Crippen molar-refractivity contribution < 1.29 is 0 Å². The molecule has 0 unspecified atom stereocenters. The minimum absolute atomic E-state index is 0.529. The van der Waals surface area contributed by atoms with E-state index in [0.717, 1.165) is 22.2 Å². The molecule has 0 amide bonds. The number of benzene rings is 2. The third-order valence-corrected chi connectivity index (χ3v) is 3.52. The van der Waals surface area contributed by atoms with Crippen molar-refractivity contribution in [2.24, 2.45) is 0 Å². The van der Waals surface area contributed by atoms with Crippen LogP contribution in [0.15, 0.2) is 48.7 Å². The summed E-state index contributed by atoms with van der Waals surface area (Å²) in [5, 5.41) is 23.7. The van der Waals surface area contributed by atoms with Gasteiger partial charge in [-0.05, 0) is 42.0 Å². The van der Waals surface area contributed by atoms with Crippen molar-refractivity contribution in [2.75, 3.05) is 5.32 Å². The van der Waals surface area contributed by atoms with Gasteiger partial charge in [0.1, 0.15) is 0 Å². The number of H-pyrrole nitrogens is 1. The normalized spacial score (nSPS) is 10.1. The number of fused-ring (bicyclic) bond motifs is 1. The van der Waals surface area contributed by atoms with E-state index in [-0.39, 0.29) is 0 Å². The predicted octanol–water partition coefficient (Wildman–Crippen LogP) is 2.92. The highest BCUT2D eigenvalue weighted by Gasteiger charge is 2.03. The first-order valence-electron chi connectivity index (χ1n) is 6.72. The molecule has 0 spiro atoms. The van der Waals surface area contributed by atoms with E-state index in [9.17, 15) is 0 Å². The van der Waals surface area contributed by atoms with Crippen LogP contribution in [0.2, 0.25) is 0 Å². The summed E-state index contributed by atoms with van der Waals surface area (Å²) in [6.45, 7) is 0.599. The largest absolute Gasteiger partial charge is 0.358 e. The van der Waals surface area contributed by atoms with Crippen molar-refractivity contribution >= 4 is 33.9 Å². The lowest BCUT2D eigenvalue weighted by atomic mass is 10.1. The highest BCUT2D eigenvalue weighted by atomic mass is 32.1. The molecule has 0 bridgehead atoms. The molecule has 6 heteroatoms. The van der Waals surface area contributed by atoms with Crippen LogP contribution in [0.5, 0.6) is 0 Å². The van der Waals surface area contributed by atoms with Crippen LogP contribution >= 0.6 is 12.2 Å². The van der Waals surface area contributed by atoms with Gasteiger partial charge in [-0.3, -0.25) is 5.10 Å². The minimum atomic E-state index is 0.529. The van der Waals surface area contributed by atoms with Crippen molar-refractivity contribution in [3.05, 3.63) is 59.8 Å². The molecule has 0 aliphatic rings. The van der Waals surface area contributed by atoms with E-state index in [1.54, 1.807) is 18.3 Å². The Hall–Kier alpha value is -2.91. The maximum atomic E-state index is 8.77. The molecule has 0 saturated carbocycles. The van der Waals surface area contributed by atoms with Gasteiger partial charge in [0.15, 0.2) is 5.11 Å². The van der Waals surface area contributed by atoms with Gasteiger partial charge >= 0.3 is 0 Å². The van der Waals surface area contributed by atoms with Gasteiger partial charge in [0.2, 0.25) is 0 Å². The molecule has 2 aromatic carbocycles. The van der Waals surface area contributed by atoms with Crippen molar-refractivity contribution in [1.82, 2.24) is 15.5 Å². The fourth-order valence-electron chi connectivity index (χ4n) is 2.16. The summed E-state index contributed by atoms with van der Waals surface area (Å²) in [7, 11) is 0. The third kappa shape index (κ3) is 3.05. The number of aromatic nitrogens is 2. The van der Waals surface area contributed by atoms with Crippen molar-refractivity contribution in [2.45, 2.75) is 6.54 Å². The Labute approximate surface area is 133 Å². The van der Waals surface area contributed by atoms with Gasteiger partial charge < -0.3 is 10.6 Å². The quantitative estimate of drug-likeness (QED) is 0.649. The topological polar surface area (TPSA) is 76.5 Å². The fraction of sp³-hybridized carbons (Fsp3) is 0.0625. The first-order valence-corrected chi connectivity index (χ1v) is 7.13. The summed E-state index contributed by atoms with van der Waals surface area (Å²) in [6, 6.07) is 15.2. The standard InChI is InChI=1S/C16H13N5S/c17-8-11-4-6-14(7-5-11)20-16(22)18-9-12-2-1-3-13-10-19-21-15(12)13/h1-7,10H,9H2,(H,19,21)(H2,18,20,22). The smallest absolute Gasteiger partial charge is 0.171 e. The second kappa shape index (κ2) is 6.24. The Balaban J connectivity index is 1.62. The maximum Gasteiger partial charge on any atom is 0.171 e. The van der Waals surface area contributed by atoms with Crippen molar-refractivity contribution in [1.29, 1.82) is 5.26 Å². The van der Waals surface area contributed by atoms with Crippen molar-refractivity contribution in [3.8, 4) is 6.07 Å². The molecule has 0 atom stereocenters. The highest BCUT2D eigenvalue weighted by Crippen LogP contribution is 2.15. The molecule has 0 fully saturated rings. The van der Waals surface area contributed by atoms with Crippen molar-refractivity contribution in [3.63, 3.8) is 0 Å². The Bertz CT molecular complexity index is 845. The molecule has 3 N–H and O–H groups in total. The van der Waals surface area contributed by atoms with Crippen LogP contribution in [0.4, 0.5) is 5.69 Å². The molecule has 1 heterocycles. The average molecular weight is 307 g/mol. The summed E-state index contributed by atoms with van der Waals surface area (Å²) in [6.07, 6.45) is 1.80. The molecule has 0 radical (unpaired) electrons. The Morgan fingerprint density at radius 2 is 2.05 bits per heavy atom. The molecule has 5 nitrogen and oxygen atoms in total. The second-order valence-corrected chi connectivity index (χ2v) is 5.16. The van der Waals surface area contributed by atoms with Crippen LogP contribution in [0, 0.1) is 11.3 Å². The Morgan fingerprint density at radius 1 is 1.23 bits per heavy atom. The van der Waals surface area contributed by atoms with Crippen LogP contribution in [0.3, 0.4) is 0 Å². The Kier molecular flexibility index (Phi) is 3.99. The SMILES string of the molecule is N#Cc1ccc(NC(=S)NCc2cccc3cn[nH]c23)cc1. The lowest BCUT2D eigenvalue weighted by Gasteiger charge is -2.11. The fourth-order valence-corrected chi connectivity index (χ4v) is 2.35. The first-order chi connectivity index (χ1) is 10.8. The van der Waals surface area contributed by atoms with Crippen LogP contribution in [0.1, 0.15) is 11.1 Å². The van der Waals surface area contributed by atoms with Gasteiger partial charge in [0, 0.05) is 17.6 Å². The van der Waals surface area contributed by atoms with Crippen LogP contribution in [-0.4, -0.2) is 15.3 Å². The second-order valence-electron chi connectivity index (χ2n) is 4.75. The monoisotopic (exact) mass is 307 g/mol. The number of thiocarbonyl (C=S) groups is 1. The van der Waals surface area contributed by atoms with Crippen LogP contribution in [0.25, 0.3) is 10.9 Å². The van der Waals surface area contributed by atoms with Gasteiger partial charge in [0.05, 0.1) is 23.3 Å². The van der Waals surface area contributed by atoms with Gasteiger partial charge in [-0.1, -0.05) is 18.2 Å². The molecule has 22 heavy (non-hydrogen) atoms. The summed E-state index contributed by atoms with van der Waals surface area (Å²) in [5.41, 5.74) is 3.57. The summed E-state index contributed by atoms with van der Waals surface area (Å²) in [5.74, 6) is 0.